The van der Waals surface area contributed by atoms with Gasteiger partial charge in [-0.1, -0.05) is 0 Å². The van der Waals surface area contributed by atoms with Crippen LogP contribution in [-0.4, -0.2) is 45.9 Å². The second-order valence-electron chi connectivity index (χ2n) is 6.76. The second kappa shape index (κ2) is 7.48. The number of aromatic amines is 1. The molecule has 0 spiro atoms. The highest BCUT2D eigenvalue weighted by Gasteiger charge is 2.19. The van der Waals surface area contributed by atoms with Crippen LogP contribution in [0.4, 0.5) is 5.82 Å². The third-order valence-corrected chi connectivity index (χ3v) is 5.68. The molecule has 0 radical (unpaired) electrons. The molecule has 140 valence electrons. The number of fused-ring (bicyclic) bond motifs is 1. The maximum Gasteiger partial charge on any atom is 0.268 e. The van der Waals surface area contributed by atoms with E-state index in [9.17, 15) is 9.59 Å². The van der Waals surface area contributed by atoms with Gasteiger partial charge in [-0.3, -0.25) is 9.59 Å². The minimum Gasteiger partial charge on any atom is -0.352 e. The first kappa shape index (κ1) is 17.7. The summed E-state index contributed by atoms with van der Waals surface area (Å²) in [5.74, 6) is 1.30. The van der Waals surface area contributed by atoms with Crippen molar-refractivity contribution in [3.05, 3.63) is 51.5 Å². The Morgan fingerprint density at radius 1 is 1.30 bits per heavy atom. The van der Waals surface area contributed by atoms with E-state index in [0.29, 0.717) is 34.0 Å². The molecule has 4 rings (SSSR count). The van der Waals surface area contributed by atoms with Gasteiger partial charge in [0, 0.05) is 31.9 Å². The zero-order chi connectivity index (χ0) is 18.8. The number of nitrogens with one attached hydrogen (secondary N) is 1. The van der Waals surface area contributed by atoms with Crippen LogP contribution in [0.2, 0.25) is 0 Å². The number of amides is 1. The monoisotopic (exact) mass is 383 g/mol. The van der Waals surface area contributed by atoms with Gasteiger partial charge in [-0.2, -0.15) is 0 Å². The molecule has 27 heavy (non-hydrogen) atoms. The van der Waals surface area contributed by atoms with E-state index in [1.54, 1.807) is 18.3 Å². The van der Waals surface area contributed by atoms with Crippen molar-refractivity contribution < 1.29 is 4.79 Å². The Morgan fingerprint density at radius 2 is 2.11 bits per heavy atom. The number of hydrogen-bond donors (Lipinski definition) is 1. The fourth-order valence-electron chi connectivity index (χ4n) is 3.34. The molecule has 0 aliphatic carbocycles. The highest BCUT2D eigenvalue weighted by molar-refractivity contribution is 7.17. The number of H-pyrrole nitrogens is 1. The quantitative estimate of drug-likeness (QED) is 0.749. The summed E-state index contributed by atoms with van der Waals surface area (Å²) in [7, 11) is 1.87. The van der Waals surface area contributed by atoms with Gasteiger partial charge in [0.1, 0.15) is 16.3 Å². The Kier molecular flexibility index (Phi) is 4.89. The molecule has 3 aromatic rings. The zero-order valence-electron chi connectivity index (χ0n) is 15.1. The van der Waals surface area contributed by atoms with E-state index in [0.717, 1.165) is 25.9 Å². The molecule has 7 nitrogen and oxygen atoms in total. The molecule has 0 bridgehead atoms. The van der Waals surface area contributed by atoms with Crippen LogP contribution in [0.15, 0.2) is 34.6 Å². The molecule has 0 atom stereocenters. The van der Waals surface area contributed by atoms with E-state index in [-0.39, 0.29) is 11.5 Å². The standard InChI is InChI=1S/C19H21N5O2S/c1-23(12-15-21-14-6-10-27-17(14)18(25)22-15)16-11-13(5-7-20-16)19(26)24-8-3-2-4-9-24/h5-7,10-11H,2-4,8-9,12H2,1H3,(H,21,22,25). The Morgan fingerprint density at radius 3 is 2.93 bits per heavy atom. The van der Waals surface area contributed by atoms with E-state index < -0.39 is 0 Å². The third kappa shape index (κ3) is 3.71. The van der Waals surface area contributed by atoms with Crippen LogP contribution in [0.3, 0.4) is 0 Å². The van der Waals surface area contributed by atoms with Crippen LogP contribution in [0.5, 0.6) is 0 Å². The average molecular weight is 383 g/mol. The van der Waals surface area contributed by atoms with Crippen LogP contribution >= 0.6 is 11.3 Å². The minimum atomic E-state index is -0.125. The molecule has 1 N–H and O–H groups in total. The minimum absolute atomic E-state index is 0.0537. The Bertz CT molecular complexity index is 1020. The summed E-state index contributed by atoms with van der Waals surface area (Å²) < 4.78 is 0.633. The molecular weight excluding hydrogens is 362 g/mol. The Hall–Kier alpha value is -2.74. The van der Waals surface area contributed by atoms with Crippen LogP contribution in [0.25, 0.3) is 10.2 Å². The van der Waals surface area contributed by atoms with Crippen molar-refractivity contribution in [3.8, 4) is 0 Å². The number of rotatable bonds is 4. The average Bonchev–Trinajstić information content (AvgIpc) is 3.17. The van der Waals surface area contributed by atoms with Crippen molar-refractivity contribution in [1.29, 1.82) is 0 Å². The lowest BCUT2D eigenvalue weighted by atomic mass is 10.1. The molecule has 0 aromatic carbocycles. The first-order valence-corrected chi connectivity index (χ1v) is 9.92. The predicted molar refractivity (Wildman–Crippen MR) is 106 cm³/mol. The predicted octanol–water partition coefficient (Wildman–Crippen LogP) is 2.64. The number of anilines is 1. The molecule has 1 amide bonds. The Balaban J connectivity index is 1.53. The molecule has 1 aliphatic heterocycles. The van der Waals surface area contributed by atoms with Gasteiger partial charge < -0.3 is 14.8 Å². The van der Waals surface area contributed by atoms with Crippen molar-refractivity contribution in [1.82, 2.24) is 19.9 Å². The molecule has 0 unspecified atom stereocenters. The summed E-state index contributed by atoms with van der Waals surface area (Å²) in [5.41, 5.74) is 1.22. The first-order valence-electron chi connectivity index (χ1n) is 9.05. The maximum atomic E-state index is 12.7. The summed E-state index contributed by atoms with van der Waals surface area (Å²) in [6.45, 7) is 2.03. The lowest BCUT2D eigenvalue weighted by molar-refractivity contribution is 0.0724. The van der Waals surface area contributed by atoms with Crippen LogP contribution in [0.1, 0.15) is 35.4 Å². The zero-order valence-corrected chi connectivity index (χ0v) is 16.0. The third-order valence-electron chi connectivity index (χ3n) is 4.78. The molecule has 1 saturated heterocycles. The topological polar surface area (TPSA) is 82.2 Å². The van der Waals surface area contributed by atoms with Gasteiger partial charge in [0.05, 0.1) is 12.1 Å². The summed E-state index contributed by atoms with van der Waals surface area (Å²) in [5, 5.41) is 1.86. The van der Waals surface area contributed by atoms with Crippen LogP contribution < -0.4 is 10.5 Å². The molecule has 4 heterocycles. The number of carbonyl (C=O) groups is 1. The summed E-state index contributed by atoms with van der Waals surface area (Å²) in [4.78, 5) is 40.3. The lowest BCUT2D eigenvalue weighted by Crippen LogP contribution is -2.35. The van der Waals surface area contributed by atoms with Gasteiger partial charge in [0.15, 0.2) is 0 Å². The van der Waals surface area contributed by atoms with Gasteiger partial charge in [-0.25, -0.2) is 9.97 Å². The van der Waals surface area contributed by atoms with Crippen molar-refractivity contribution in [2.24, 2.45) is 0 Å². The summed E-state index contributed by atoms with van der Waals surface area (Å²) in [6.07, 6.45) is 4.97. The van der Waals surface area contributed by atoms with E-state index in [4.69, 9.17) is 0 Å². The van der Waals surface area contributed by atoms with Gasteiger partial charge in [-0.05, 0) is 42.8 Å². The van der Waals surface area contributed by atoms with Crippen LogP contribution in [0, 0.1) is 0 Å². The summed E-state index contributed by atoms with van der Waals surface area (Å²) >= 11 is 1.38. The van der Waals surface area contributed by atoms with E-state index in [2.05, 4.69) is 15.0 Å². The number of thiophene rings is 1. The fourth-order valence-corrected chi connectivity index (χ4v) is 4.07. The number of carbonyl (C=O) groups excluding carboxylic acids is 1. The van der Waals surface area contributed by atoms with Gasteiger partial charge in [0.2, 0.25) is 0 Å². The molecule has 0 saturated carbocycles. The van der Waals surface area contributed by atoms with E-state index in [1.165, 1.54) is 17.8 Å². The smallest absolute Gasteiger partial charge is 0.268 e. The van der Waals surface area contributed by atoms with Crippen molar-refractivity contribution in [3.63, 3.8) is 0 Å². The fraction of sp³-hybridized carbons (Fsp3) is 0.368. The molecule has 8 heteroatoms. The largest absolute Gasteiger partial charge is 0.352 e. The van der Waals surface area contributed by atoms with Crippen LogP contribution in [-0.2, 0) is 6.54 Å². The molecule has 1 aliphatic rings. The van der Waals surface area contributed by atoms with Gasteiger partial charge in [-0.15, -0.1) is 11.3 Å². The number of piperidine rings is 1. The van der Waals surface area contributed by atoms with Crippen molar-refractivity contribution >= 4 is 33.3 Å². The van der Waals surface area contributed by atoms with Gasteiger partial charge in [0.25, 0.3) is 11.5 Å². The number of likely N-dealkylation sites (tertiary alicyclic amines) is 1. The van der Waals surface area contributed by atoms with E-state index in [1.807, 2.05) is 28.3 Å². The van der Waals surface area contributed by atoms with Gasteiger partial charge >= 0.3 is 0 Å². The number of aromatic nitrogens is 3. The lowest BCUT2D eigenvalue weighted by Gasteiger charge is -2.27. The first-order chi connectivity index (χ1) is 13.1. The number of hydrogen-bond acceptors (Lipinski definition) is 6. The summed E-state index contributed by atoms with van der Waals surface area (Å²) in [6, 6.07) is 5.40. The van der Waals surface area contributed by atoms with E-state index >= 15 is 0 Å². The SMILES string of the molecule is CN(Cc1nc2ccsc2c(=O)[nH]1)c1cc(C(=O)N2CCCCC2)ccn1. The normalized spacial score (nSPS) is 14.5. The van der Waals surface area contributed by atoms with Crippen molar-refractivity contribution in [2.45, 2.75) is 25.8 Å². The maximum absolute atomic E-state index is 12.7. The number of nitrogens with zero attached hydrogens (tertiary/aromatic N) is 4. The Labute approximate surface area is 160 Å². The second-order valence-corrected chi connectivity index (χ2v) is 7.68. The molecule has 3 aromatic heterocycles. The highest BCUT2D eigenvalue weighted by Crippen LogP contribution is 2.18. The molecular formula is C19H21N5O2S. The van der Waals surface area contributed by atoms with Crippen molar-refractivity contribution in [2.75, 3.05) is 25.0 Å². The highest BCUT2D eigenvalue weighted by atomic mass is 32.1. The molecule has 1 fully saturated rings. The number of pyridine rings is 1.